The van der Waals surface area contributed by atoms with Gasteiger partial charge >= 0.3 is 0 Å². The highest BCUT2D eigenvalue weighted by Crippen LogP contribution is 2.29. The van der Waals surface area contributed by atoms with Gasteiger partial charge in [-0.3, -0.25) is 9.59 Å². The molecule has 2 aliphatic heterocycles. The minimum absolute atomic E-state index is 0.0527. The molecule has 21 heavy (non-hydrogen) atoms. The van der Waals surface area contributed by atoms with Gasteiger partial charge in [0.1, 0.15) is 0 Å². The summed E-state index contributed by atoms with van der Waals surface area (Å²) in [6, 6.07) is 7.62. The third-order valence-corrected chi connectivity index (χ3v) is 4.49. The Balaban J connectivity index is 1.86. The summed E-state index contributed by atoms with van der Waals surface area (Å²) in [6.07, 6.45) is 3.17. The van der Waals surface area contributed by atoms with Crippen molar-refractivity contribution in [3.05, 3.63) is 35.4 Å². The lowest BCUT2D eigenvalue weighted by Gasteiger charge is -2.28. The molecule has 2 N–H and O–H groups in total. The van der Waals surface area contributed by atoms with Gasteiger partial charge in [0.05, 0.1) is 0 Å². The molecule has 2 bridgehead atoms. The monoisotopic (exact) mass is 287 g/mol. The van der Waals surface area contributed by atoms with Crippen LogP contribution in [-0.2, 0) is 0 Å². The first kappa shape index (κ1) is 14.1. The average Bonchev–Trinajstić information content (AvgIpc) is 2.79. The Hall–Kier alpha value is -1.88. The van der Waals surface area contributed by atoms with Gasteiger partial charge in [-0.1, -0.05) is 6.07 Å². The van der Waals surface area contributed by atoms with E-state index in [0.717, 1.165) is 32.4 Å². The van der Waals surface area contributed by atoms with Crippen LogP contribution in [0.1, 0.15) is 40.0 Å². The van der Waals surface area contributed by atoms with Gasteiger partial charge in [-0.25, -0.2) is 0 Å². The molecule has 1 aromatic rings. The van der Waals surface area contributed by atoms with Crippen molar-refractivity contribution in [3.63, 3.8) is 0 Å². The topological polar surface area (TPSA) is 61.4 Å². The zero-order chi connectivity index (χ0) is 14.8. The molecule has 5 heteroatoms. The van der Waals surface area contributed by atoms with Crippen molar-refractivity contribution in [1.82, 2.24) is 15.5 Å². The predicted octanol–water partition coefficient (Wildman–Crippen LogP) is 1.01. The maximum absolute atomic E-state index is 12.8. The lowest BCUT2D eigenvalue weighted by molar-refractivity contribution is 0.0680. The van der Waals surface area contributed by atoms with Crippen LogP contribution in [0.2, 0.25) is 0 Å². The van der Waals surface area contributed by atoms with Gasteiger partial charge in [0, 0.05) is 36.8 Å². The molecule has 0 aliphatic carbocycles. The number of carbonyl (C=O) groups excluding carboxylic acids is 2. The van der Waals surface area contributed by atoms with E-state index < -0.39 is 0 Å². The summed E-state index contributed by atoms with van der Waals surface area (Å²) in [6.45, 7) is 1.85. The van der Waals surface area contributed by atoms with E-state index in [4.69, 9.17) is 0 Å². The molecule has 2 aliphatic rings. The van der Waals surface area contributed by atoms with E-state index in [2.05, 4.69) is 10.6 Å². The van der Waals surface area contributed by atoms with Crippen molar-refractivity contribution < 1.29 is 9.59 Å². The zero-order valence-electron chi connectivity index (χ0n) is 12.3. The molecule has 2 unspecified atom stereocenters. The van der Waals surface area contributed by atoms with Gasteiger partial charge in [-0.05, 0) is 44.0 Å². The average molecular weight is 287 g/mol. The number of rotatable bonds is 2. The van der Waals surface area contributed by atoms with Gasteiger partial charge in [-0.15, -0.1) is 0 Å². The van der Waals surface area contributed by atoms with Crippen molar-refractivity contribution in [1.29, 1.82) is 0 Å². The minimum atomic E-state index is -0.162. The molecule has 2 saturated heterocycles. The van der Waals surface area contributed by atoms with E-state index in [1.54, 1.807) is 31.3 Å². The van der Waals surface area contributed by atoms with E-state index in [-0.39, 0.29) is 17.9 Å². The van der Waals surface area contributed by atoms with Gasteiger partial charge in [0.25, 0.3) is 11.8 Å². The van der Waals surface area contributed by atoms with Gasteiger partial charge in [0.15, 0.2) is 0 Å². The molecule has 0 radical (unpaired) electrons. The van der Waals surface area contributed by atoms with Gasteiger partial charge < -0.3 is 15.5 Å². The molecule has 0 aromatic heterocycles. The van der Waals surface area contributed by atoms with Crippen LogP contribution >= 0.6 is 0 Å². The highest BCUT2D eigenvalue weighted by Gasteiger charge is 2.38. The Kier molecular flexibility index (Phi) is 3.92. The Bertz CT molecular complexity index is 544. The zero-order valence-corrected chi connectivity index (χ0v) is 12.3. The van der Waals surface area contributed by atoms with Crippen LogP contribution in [0.5, 0.6) is 0 Å². The number of benzene rings is 1. The summed E-state index contributed by atoms with van der Waals surface area (Å²) in [5.74, 6) is -0.109. The summed E-state index contributed by atoms with van der Waals surface area (Å²) in [4.78, 5) is 26.6. The smallest absolute Gasteiger partial charge is 0.254 e. The molecule has 5 nitrogen and oxygen atoms in total. The summed E-state index contributed by atoms with van der Waals surface area (Å²) in [5.41, 5.74) is 1.14. The van der Waals surface area contributed by atoms with Crippen molar-refractivity contribution in [2.45, 2.75) is 31.3 Å². The predicted molar refractivity (Wildman–Crippen MR) is 80.3 cm³/mol. The Morgan fingerprint density at radius 2 is 1.95 bits per heavy atom. The molecule has 2 amide bonds. The fourth-order valence-corrected chi connectivity index (χ4v) is 3.40. The van der Waals surface area contributed by atoms with Crippen molar-refractivity contribution in [3.8, 4) is 0 Å². The molecule has 2 fully saturated rings. The molecular weight excluding hydrogens is 266 g/mol. The first-order valence-electron chi connectivity index (χ1n) is 7.56. The highest BCUT2D eigenvalue weighted by atomic mass is 16.2. The molecule has 2 heterocycles. The van der Waals surface area contributed by atoms with E-state index in [9.17, 15) is 9.59 Å². The van der Waals surface area contributed by atoms with Gasteiger partial charge in [-0.2, -0.15) is 0 Å². The van der Waals surface area contributed by atoms with E-state index in [1.807, 2.05) is 4.90 Å². The first-order chi connectivity index (χ1) is 10.2. The van der Waals surface area contributed by atoms with Crippen LogP contribution in [0.25, 0.3) is 0 Å². The third kappa shape index (κ3) is 2.65. The van der Waals surface area contributed by atoms with Crippen LogP contribution in [0, 0.1) is 0 Å². The van der Waals surface area contributed by atoms with Crippen LogP contribution in [0.15, 0.2) is 24.3 Å². The summed E-state index contributed by atoms with van der Waals surface area (Å²) >= 11 is 0. The molecular formula is C16H21N3O2. The van der Waals surface area contributed by atoms with Crippen molar-refractivity contribution >= 4 is 11.8 Å². The van der Waals surface area contributed by atoms with Crippen LogP contribution in [0.4, 0.5) is 0 Å². The lowest BCUT2D eigenvalue weighted by atomic mass is 10.1. The Labute approximate surface area is 124 Å². The highest BCUT2D eigenvalue weighted by molar-refractivity contribution is 5.99. The summed E-state index contributed by atoms with van der Waals surface area (Å²) in [5, 5.41) is 5.99. The standard InChI is InChI=1S/C16H21N3O2/c1-17-15(20)11-3-2-4-12(9-11)16(21)19-13-5-6-14(19)10-18-8-7-13/h2-4,9,13-14,18H,5-8,10H2,1H3,(H,17,20). The van der Waals surface area contributed by atoms with Crippen LogP contribution in [0.3, 0.4) is 0 Å². The number of amides is 2. The quantitative estimate of drug-likeness (QED) is 0.853. The second-order valence-corrected chi connectivity index (χ2v) is 5.75. The fourth-order valence-electron chi connectivity index (χ4n) is 3.40. The summed E-state index contributed by atoms with van der Waals surface area (Å²) in [7, 11) is 1.59. The Morgan fingerprint density at radius 3 is 2.76 bits per heavy atom. The SMILES string of the molecule is CNC(=O)c1cccc(C(=O)N2C3CCNCC2CC3)c1. The van der Waals surface area contributed by atoms with Crippen molar-refractivity contribution in [2.75, 3.05) is 20.1 Å². The maximum atomic E-state index is 12.8. The number of nitrogens with one attached hydrogen (secondary N) is 2. The van der Waals surface area contributed by atoms with Crippen LogP contribution in [-0.4, -0.2) is 48.9 Å². The second-order valence-electron chi connectivity index (χ2n) is 5.75. The Morgan fingerprint density at radius 1 is 1.19 bits per heavy atom. The molecule has 3 rings (SSSR count). The number of hydrogen-bond donors (Lipinski definition) is 2. The first-order valence-corrected chi connectivity index (χ1v) is 7.56. The van der Waals surface area contributed by atoms with Gasteiger partial charge in [0.2, 0.25) is 0 Å². The van der Waals surface area contributed by atoms with E-state index in [1.165, 1.54) is 0 Å². The van der Waals surface area contributed by atoms with E-state index >= 15 is 0 Å². The third-order valence-electron chi connectivity index (χ3n) is 4.49. The molecule has 2 atom stereocenters. The van der Waals surface area contributed by atoms with E-state index in [0.29, 0.717) is 17.2 Å². The number of carbonyl (C=O) groups is 2. The number of nitrogens with zero attached hydrogens (tertiary/aromatic N) is 1. The second kappa shape index (κ2) is 5.85. The molecule has 1 aromatic carbocycles. The maximum Gasteiger partial charge on any atom is 0.254 e. The van der Waals surface area contributed by atoms with Crippen LogP contribution < -0.4 is 10.6 Å². The molecule has 112 valence electrons. The number of fused-ring (bicyclic) bond motifs is 2. The summed E-state index contributed by atoms with van der Waals surface area (Å²) < 4.78 is 0. The lowest BCUT2D eigenvalue weighted by Crippen LogP contribution is -2.42. The molecule has 0 saturated carbocycles. The molecule has 0 spiro atoms. The fraction of sp³-hybridized carbons (Fsp3) is 0.500. The van der Waals surface area contributed by atoms with Crippen molar-refractivity contribution in [2.24, 2.45) is 0 Å². The minimum Gasteiger partial charge on any atom is -0.355 e. The number of hydrogen-bond acceptors (Lipinski definition) is 3. The normalized spacial score (nSPS) is 24.5. The largest absolute Gasteiger partial charge is 0.355 e.